The molecule has 0 amide bonds. The number of rotatable bonds is 47. The van der Waals surface area contributed by atoms with Gasteiger partial charge in [-0.2, -0.15) is 0 Å². The Hall–Kier alpha value is -1.59. The number of hydrogen-bond acceptors (Lipinski definition) is 6. The molecular formula is C54H104O6. The Morgan fingerprint density at radius 2 is 0.483 bits per heavy atom. The van der Waals surface area contributed by atoms with Crippen molar-refractivity contribution in [3.05, 3.63) is 0 Å². The third-order valence-electron chi connectivity index (χ3n) is 12.1. The predicted molar refractivity (Wildman–Crippen MR) is 256 cm³/mol. The first-order valence-electron chi connectivity index (χ1n) is 26.6. The number of carbonyl (C=O) groups is 3. The van der Waals surface area contributed by atoms with E-state index >= 15 is 0 Å². The highest BCUT2D eigenvalue weighted by molar-refractivity contribution is 5.71. The zero-order chi connectivity index (χ0) is 44.2. The van der Waals surface area contributed by atoms with Gasteiger partial charge < -0.3 is 14.2 Å². The summed E-state index contributed by atoms with van der Waals surface area (Å²) in [5, 5.41) is 0. The summed E-state index contributed by atoms with van der Waals surface area (Å²) in [5.41, 5.74) is 0. The lowest BCUT2D eigenvalue weighted by molar-refractivity contribution is -0.167. The van der Waals surface area contributed by atoms with Crippen LogP contribution in [0.25, 0.3) is 0 Å². The smallest absolute Gasteiger partial charge is 0.306 e. The maximum Gasteiger partial charge on any atom is 0.306 e. The lowest BCUT2D eigenvalue weighted by Crippen LogP contribution is -2.30. The van der Waals surface area contributed by atoms with Gasteiger partial charge in [0.25, 0.3) is 0 Å². The first kappa shape index (κ1) is 58.4. The fourth-order valence-electron chi connectivity index (χ4n) is 8.12. The van der Waals surface area contributed by atoms with Crippen LogP contribution in [0.2, 0.25) is 0 Å². The molecule has 0 fully saturated rings. The van der Waals surface area contributed by atoms with E-state index < -0.39 is 6.10 Å². The molecule has 356 valence electrons. The number of hydrogen-bond donors (Lipinski definition) is 0. The van der Waals surface area contributed by atoms with E-state index in [1.54, 1.807) is 0 Å². The average molecular weight is 849 g/mol. The zero-order valence-corrected chi connectivity index (χ0v) is 41.3. The van der Waals surface area contributed by atoms with Crippen molar-refractivity contribution in [2.75, 3.05) is 13.2 Å². The summed E-state index contributed by atoms with van der Waals surface area (Å²) < 4.78 is 16.8. The van der Waals surface area contributed by atoms with E-state index in [1.807, 2.05) is 0 Å². The first-order chi connectivity index (χ1) is 29.1. The van der Waals surface area contributed by atoms with E-state index in [9.17, 15) is 14.4 Å². The van der Waals surface area contributed by atoms with Crippen LogP contribution in [0.5, 0.6) is 0 Å². The van der Waals surface area contributed by atoms with Crippen molar-refractivity contribution in [1.82, 2.24) is 0 Å². The van der Waals surface area contributed by atoms with E-state index in [4.69, 9.17) is 14.2 Å². The zero-order valence-electron chi connectivity index (χ0n) is 41.3. The van der Waals surface area contributed by atoms with Gasteiger partial charge in [0.15, 0.2) is 6.10 Å². The lowest BCUT2D eigenvalue weighted by atomic mass is 10.0. The second kappa shape index (κ2) is 45.4. The van der Waals surface area contributed by atoms with Gasteiger partial charge in [0.1, 0.15) is 13.2 Å². The molecule has 1 atom stereocenters. The van der Waals surface area contributed by atoms with Crippen LogP contribution < -0.4 is 0 Å². The minimum Gasteiger partial charge on any atom is -0.462 e. The van der Waals surface area contributed by atoms with Crippen molar-refractivity contribution >= 4 is 17.9 Å². The minimum absolute atomic E-state index is 0.0646. The fraction of sp³-hybridized carbons (Fsp3) is 0.944. The molecule has 0 aromatic heterocycles. The van der Waals surface area contributed by atoms with Gasteiger partial charge >= 0.3 is 17.9 Å². The Morgan fingerprint density at radius 1 is 0.283 bits per heavy atom. The largest absolute Gasteiger partial charge is 0.462 e. The molecule has 0 aromatic rings. The Morgan fingerprint density at radius 3 is 0.717 bits per heavy atom. The molecular weight excluding hydrogens is 745 g/mol. The Kier molecular flexibility index (Phi) is 44.2. The van der Waals surface area contributed by atoms with Gasteiger partial charge in [-0.1, -0.05) is 253 Å². The van der Waals surface area contributed by atoms with Crippen LogP contribution >= 0.6 is 0 Å². The highest BCUT2D eigenvalue weighted by Gasteiger charge is 2.19. The average Bonchev–Trinajstić information content (AvgIpc) is 3.20. The van der Waals surface area contributed by atoms with Crippen LogP contribution in [0.3, 0.4) is 0 Å². The maximum absolute atomic E-state index is 12.8. The lowest BCUT2D eigenvalue weighted by Gasteiger charge is -2.18. The molecule has 0 radical (unpaired) electrons. The molecule has 0 heterocycles. The van der Waals surface area contributed by atoms with Gasteiger partial charge in [-0.25, -0.2) is 0 Å². The second-order valence-corrected chi connectivity index (χ2v) is 19.9. The third-order valence-corrected chi connectivity index (χ3v) is 12.1. The van der Waals surface area contributed by atoms with Crippen molar-refractivity contribution in [3.63, 3.8) is 0 Å². The molecule has 0 N–H and O–H groups in total. The summed E-state index contributed by atoms with van der Waals surface area (Å²) in [6.45, 7) is 13.7. The number of carbonyl (C=O) groups excluding carboxylic acids is 3. The summed E-state index contributed by atoms with van der Waals surface area (Å²) in [6, 6.07) is 0. The summed E-state index contributed by atoms with van der Waals surface area (Å²) in [4.78, 5) is 38.0. The molecule has 0 aliphatic heterocycles. The van der Waals surface area contributed by atoms with Crippen LogP contribution in [-0.4, -0.2) is 37.2 Å². The van der Waals surface area contributed by atoms with Gasteiger partial charge in [0.2, 0.25) is 0 Å². The van der Waals surface area contributed by atoms with Crippen molar-refractivity contribution in [3.8, 4) is 0 Å². The molecule has 0 aromatic carbocycles. The third kappa shape index (κ3) is 47.5. The van der Waals surface area contributed by atoms with Gasteiger partial charge in [0.05, 0.1) is 0 Å². The van der Waals surface area contributed by atoms with E-state index in [1.165, 1.54) is 173 Å². The van der Waals surface area contributed by atoms with E-state index in [0.29, 0.717) is 19.3 Å². The minimum atomic E-state index is -0.763. The maximum atomic E-state index is 12.8. The Bertz CT molecular complexity index is 929. The topological polar surface area (TPSA) is 78.9 Å². The summed E-state index contributed by atoms with van der Waals surface area (Å²) in [5.74, 6) is 1.62. The van der Waals surface area contributed by atoms with Crippen molar-refractivity contribution < 1.29 is 28.6 Å². The van der Waals surface area contributed by atoms with Crippen LogP contribution in [0.15, 0.2) is 0 Å². The molecule has 0 bridgehead atoms. The van der Waals surface area contributed by atoms with Crippen molar-refractivity contribution in [1.29, 1.82) is 0 Å². The SMILES string of the molecule is CC(C)CCCCCCCCCCCCCCCC(=O)OC[C@@H](COC(=O)CCCCCCCCCCC(C)C)OC(=O)CCCCCCCCCCCCCCC(C)C. The number of unbranched alkanes of at least 4 members (excludes halogenated alkanes) is 30. The van der Waals surface area contributed by atoms with Crippen LogP contribution in [0.4, 0.5) is 0 Å². The highest BCUT2D eigenvalue weighted by Crippen LogP contribution is 2.18. The summed E-state index contributed by atoms with van der Waals surface area (Å²) in [7, 11) is 0. The predicted octanol–water partition coefficient (Wildman–Crippen LogP) is 17.2. The van der Waals surface area contributed by atoms with Gasteiger partial charge in [-0.05, 0) is 37.0 Å². The van der Waals surface area contributed by atoms with Crippen molar-refractivity contribution in [2.24, 2.45) is 17.8 Å². The molecule has 0 aliphatic carbocycles. The molecule has 0 saturated carbocycles. The molecule has 6 nitrogen and oxygen atoms in total. The standard InChI is InChI=1S/C54H104O6/c1-48(2)40-34-28-22-16-12-8-7-9-14-18-25-31-37-43-52(55)58-46-51(47-59-53(56)44-38-32-26-21-20-24-30-36-42-50(5)6)60-54(57)45-39-33-27-19-15-11-10-13-17-23-29-35-41-49(3)4/h48-51H,7-47H2,1-6H3/t51-/m0/s1. The van der Waals surface area contributed by atoms with Crippen LogP contribution in [0.1, 0.15) is 292 Å². The molecule has 0 saturated heterocycles. The molecule has 60 heavy (non-hydrogen) atoms. The number of ether oxygens (including phenoxy) is 3. The molecule has 6 heteroatoms. The summed E-state index contributed by atoms with van der Waals surface area (Å²) >= 11 is 0. The summed E-state index contributed by atoms with van der Waals surface area (Å²) in [6.07, 6.45) is 45.2. The highest BCUT2D eigenvalue weighted by atomic mass is 16.6. The van der Waals surface area contributed by atoms with E-state index in [0.717, 1.165) is 75.5 Å². The van der Waals surface area contributed by atoms with Crippen LogP contribution in [0, 0.1) is 17.8 Å². The quantitative estimate of drug-likeness (QED) is 0.0345. The Labute approximate surface area is 374 Å². The van der Waals surface area contributed by atoms with Crippen molar-refractivity contribution in [2.45, 2.75) is 298 Å². The first-order valence-corrected chi connectivity index (χ1v) is 26.6. The van der Waals surface area contributed by atoms with Gasteiger partial charge in [-0.3, -0.25) is 14.4 Å². The molecule has 0 aliphatic rings. The molecule has 0 rings (SSSR count). The normalized spacial score (nSPS) is 12.2. The Balaban J connectivity index is 4.30. The molecule has 0 unspecified atom stereocenters. The van der Waals surface area contributed by atoms with E-state index in [2.05, 4.69) is 41.5 Å². The number of esters is 3. The van der Waals surface area contributed by atoms with Crippen LogP contribution in [-0.2, 0) is 28.6 Å². The van der Waals surface area contributed by atoms with Gasteiger partial charge in [-0.15, -0.1) is 0 Å². The second-order valence-electron chi connectivity index (χ2n) is 19.9. The fourth-order valence-corrected chi connectivity index (χ4v) is 8.12. The molecule has 0 spiro atoms. The van der Waals surface area contributed by atoms with Gasteiger partial charge in [0, 0.05) is 19.3 Å². The van der Waals surface area contributed by atoms with E-state index in [-0.39, 0.29) is 31.1 Å². The monoisotopic (exact) mass is 849 g/mol.